The second-order valence-corrected chi connectivity index (χ2v) is 6.46. The van der Waals surface area contributed by atoms with Gasteiger partial charge in [0, 0.05) is 19.1 Å². The molecule has 1 fully saturated rings. The van der Waals surface area contributed by atoms with E-state index < -0.39 is 10.2 Å². The van der Waals surface area contributed by atoms with Crippen LogP contribution in [0, 0.1) is 0 Å². The molecule has 1 saturated heterocycles. The Morgan fingerprint density at radius 2 is 2.00 bits per heavy atom. The first-order chi connectivity index (χ1) is 9.13. The molecule has 1 aliphatic rings. The number of hydrogen-bond donors (Lipinski definition) is 2. The number of benzene rings is 1. The normalized spacial score (nSPS) is 21.4. The molecule has 0 spiro atoms. The zero-order chi connectivity index (χ0) is 13.7. The van der Waals surface area contributed by atoms with E-state index in [9.17, 15) is 13.5 Å². The molecular formula is C13H20N2O3S. The first-order valence-corrected chi connectivity index (χ1v) is 7.99. The molecule has 2 N–H and O–H groups in total. The summed E-state index contributed by atoms with van der Waals surface area (Å²) in [5.74, 6) is 0. The van der Waals surface area contributed by atoms with Crippen LogP contribution in [0.1, 0.15) is 24.8 Å². The van der Waals surface area contributed by atoms with Crippen molar-refractivity contribution in [2.45, 2.75) is 31.8 Å². The maximum atomic E-state index is 12.2. The Morgan fingerprint density at radius 1 is 1.26 bits per heavy atom. The highest BCUT2D eigenvalue weighted by Gasteiger charge is 2.31. The molecule has 1 aliphatic heterocycles. The molecule has 1 atom stereocenters. The molecule has 0 aromatic heterocycles. The van der Waals surface area contributed by atoms with Crippen LogP contribution < -0.4 is 4.72 Å². The lowest BCUT2D eigenvalue weighted by atomic mass is 10.1. The molecular weight excluding hydrogens is 264 g/mol. The van der Waals surface area contributed by atoms with Crippen molar-refractivity contribution in [3.8, 4) is 0 Å². The van der Waals surface area contributed by atoms with Crippen molar-refractivity contribution in [2.75, 3.05) is 13.2 Å². The third kappa shape index (κ3) is 3.76. The van der Waals surface area contributed by atoms with E-state index in [1.54, 1.807) is 0 Å². The van der Waals surface area contributed by atoms with E-state index in [4.69, 9.17) is 0 Å². The van der Waals surface area contributed by atoms with Gasteiger partial charge in [-0.15, -0.1) is 0 Å². The highest BCUT2D eigenvalue weighted by Crippen LogP contribution is 2.19. The molecule has 5 nitrogen and oxygen atoms in total. The molecule has 0 radical (unpaired) electrons. The maximum Gasteiger partial charge on any atom is 0.280 e. The van der Waals surface area contributed by atoms with Crippen LogP contribution in [0.15, 0.2) is 30.3 Å². The van der Waals surface area contributed by atoms with Crippen molar-refractivity contribution >= 4 is 10.2 Å². The predicted octanol–water partition coefficient (Wildman–Crippen LogP) is 0.868. The third-order valence-electron chi connectivity index (χ3n) is 3.39. The lowest BCUT2D eigenvalue weighted by Crippen LogP contribution is -2.50. The zero-order valence-corrected chi connectivity index (χ0v) is 11.6. The van der Waals surface area contributed by atoms with Crippen LogP contribution in [0.5, 0.6) is 0 Å². The number of rotatable bonds is 5. The molecule has 0 aliphatic carbocycles. The second kappa shape index (κ2) is 6.47. The molecule has 0 amide bonds. The average Bonchev–Trinajstić information content (AvgIpc) is 2.46. The standard InChI is InChI=1S/C13H20N2O3S/c16-11-13-8-4-5-9-15(13)19(17,18)14-10-12-6-2-1-3-7-12/h1-3,6-7,13-14,16H,4-5,8-11H2. The summed E-state index contributed by atoms with van der Waals surface area (Å²) in [6, 6.07) is 9.11. The number of nitrogens with zero attached hydrogens (tertiary/aromatic N) is 1. The van der Waals surface area contributed by atoms with Gasteiger partial charge in [0.15, 0.2) is 0 Å². The summed E-state index contributed by atoms with van der Waals surface area (Å²) >= 11 is 0. The van der Waals surface area contributed by atoms with Crippen LogP contribution in [0.25, 0.3) is 0 Å². The van der Waals surface area contributed by atoms with Gasteiger partial charge in [-0.05, 0) is 18.4 Å². The van der Waals surface area contributed by atoms with Gasteiger partial charge in [-0.3, -0.25) is 0 Å². The van der Waals surface area contributed by atoms with Crippen LogP contribution in [-0.4, -0.2) is 37.0 Å². The number of nitrogens with one attached hydrogen (secondary N) is 1. The topological polar surface area (TPSA) is 69.6 Å². The number of hydrogen-bond acceptors (Lipinski definition) is 3. The summed E-state index contributed by atoms with van der Waals surface area (Å²) in [4.78, 5) is 0. The molecule has 1 aromatic rings. The second-order valence-electron chi connectivity index (χ2n) is 4.75. The molecule has 1 unspecified atom stereocenters. The van der Waals surface area contributed by atoms with E-state index in [-0.39, 0.29) is 19.2 Å². The molecule has 19 heavy (non-hydrogen) atoms. The average molecular weight is 284 g/mol. The first-order valence-electron chi connectivity index (χ1n) is 6.54. The summed E-state index contributed by atoms with van der Waals surface area (Å²) < 4.78 is 28.4. The zero-order valence-electron chi connectivity index (χ0n) is 10.8. The summed E-state index contributed by atoms with van der Waals surface area (Å²) in [7, 11) is -3.52. The minimum Gasteiger partial charge on any atom is -0.395 e. The van der Waals surface area contributed by atoms with Crippen LogP contribution in [0.3, 0.4) is 0 Å². The van der Waals surface area contributed by atoms with E-state index in [1.165, 1.54) is 4.31 Å². The molecule has 1 heterocycles. The lowest BCUT2D eigenvalue weighted by Gasteiger charge is -2.33. The number of piperidine rings is 1. The van der Waals surface area contributed by atoms with E-state index >= 15 is 0 Å². The Balaban J connectivity index is 2.01. The van der Waals surface area contributed by atoms with Gasteiger partial charge in [-0.1, -0.05) is 36.8 Å². The van der Waals surface area contributed by atoms with Crippen LogP contribution in [-0.2, 0) is 16.8 Å². The molecule has 106 valence electrons. The Labute approximate surface area is 114 Å². The lowest BCUT2D eigenvalue weighted by molar-refractivity contribution is 0.154. The van der Waals surface area contributed by atoms with Crippen LogP contribution in [0.4, 0.5) is 0 Å². The van der Waals surface area contributed by atoms with Crippen molar-refractivity contribution in [1.82, 2.24) is 9.03 Å². The quantitative estimate of drug-likeness (QED) is 0.843. The SMILES string of the molecule is O=S(=O)(NCc1ccccc1)N1CCCCC1CO. The van der Waals surface area contributed by atoms with Crippen LogP contribution in [0.2, 0.25) is 0 Å². The van der Waals surface area contributed by atoms with Gasteiger partial charge >= 0.3 is 0 Å². The smallest absolute Gasteiger partial charge is 0.280 e. The van der Waals surface area contributed by atoms with Gasteiger partial charge in [0.2, 0.25) is 0 Å². The van der Waals surface area contributed by atoms with Gasteiger partial charge in [-0.2, -0.15) is 17.4 Å². The maximum absolute atomic E-state index is 12.2. The number of aliphatic hydroxyl groups excluding tert-OH is 1. The van der Waals surface area contributed by atoms with Crippen molar-refractivity contribution < 1.29 is 13.5 Å². The molecule has 0 bridgehead atoms. The molecule has 1 aromatic carbocycles. The van der Waals surface area contributed by atoms with Gasteiger partial charge in [0.25, 0.3) is 10.2 Å². The van der Waals surface area contributed by atoms with E-state index in [0.717, 1.165) is 24.8 Å². The van der Waals surface area contributed by atoms with Gasteiger partial charge in [0.1, 0.15) is 0 Å². The summed E-state index contributed by atoms with van der Waals surface area (Å²) in [6.45, 7) is 0.638. The van der Waals surface area contributed by atoms with E-state index in [1.807, 2.05) is 30.3 Å². The van der Waals surface area contributed by atoms with E-state index in [2.05, 4.69) is 4.72 Å². The highest BCUT2D eigenvalue weighted by molar-refractivity contribution is 7.87. The Hall–Kier alpha value is -0.950. The van der Waals surface area contributed by atoms with Crippen molar-refractivity contribution in [2.24, 2.45) is 0 Å². The fourth-order valence-electron chi connectivity index (χ4n) is 2.33. The van der Waals surface area contributed by atoms with Crippen molar-refractivity contribution in [3.05, 3.63) is 35.9 Å². The highest BCUT2D eigenvalue weighted by atomic mass is 32.2. The molecule has 0 saturated carbocycles. The summed E-state index contributed by atoms with van der Waals surface area (Å²) in [5, 5.41) is 9.28. The molecule has 2 rings (SSSR count). The Kier molecular flexibility index (Phi) is 4.93. The molecule has 6 heteroatoms. The van der Waals surface area contributed by atoms with Crippen molar-refractivity contribution in [3.63, 3.8) is 0 Å². The Bertz CT molecular complexity index is 490. The predicted molar refractivity (Wildman–Crippen MR) is 73.6 cm³/mol. The van der Waals surface area contributed by atoms with E-state index in [0.29, 0.717) is 6.54 Å². The minimum absolute atomic E-state index is 0.119. The number of aliphatic hydroxyl groups is 1. The fourth-order valence-corrected chi connectivity index (χ4v) is 3.78. The Morgan fingerprint density at radius 3 is 2.68 bits per heavy atom. The third-order valence-corrected chi connectivity index (χ3v) is 5.00. The monoisotopic (exact) mass is 284 g/mol. The first kappa shape index (κ1) is 14.5. The van der Waals surface area contributed by atoms with Gasteiger partial charge < -0.3 is 5.11 Å². The summed E-state index contributed by atoms with van der Waals surface area (Å²) in [6.07, 6.45) is 2.54. The van der Waals surface area contributed by atoms with Gasteiger partial charge in [-0.25, -0.2) is 0 Å². The summed E-state index contributed by atoms with van der Waals surface area (Å²) in [5.41, 5.74) is 0.920. The fraction of sp³-hybridized carbons (Fsp3) is 0.538. The van der Waals surface area contributed by atoms with Crippen molar-refractivity contribution in [1.29, 1.82) is 0 Å². The largest absolute Gasteiger partial charge is 0.395 e. The van der Waals surface area contributed by atoms with Gasteiger partial charge in [0.05, 0.1) is 6.61 Å². The minimum atomic E-state index is -3.52. The van der Waals surface area contributed by atoms with Crippen LogP contribution >= 0.6 is 0 Å².